The highest BCUT2D eigenvalue weighted by atomic mass is 16.6. The zero-order valence-electron chi connectivity index (χ0n) is 36.1. The van der Waals surface area contributed by atoms with Gasteiger partial charge in [-0.15, -0.1) is 0 Å². The normalized spacial score (nSPS) is 12.1. The lowest BCUT2D eigenvalue weighted by molar-refractivity contribution is -0.167. The van der Waals surface area contributed by atoms with E-state index in [0.717, 1.165) is 69.6 Å². The number of unbranched alkanes of at least 4 members (excludes halogenated alkanes) is 26. The zero-order chi connectivity index (χ0) is 39.0. The number of ether oxygens (including phenoxy) is 3. The fourth-order valence-corrected chi connectivity index (χ4v) is 6.93. The maximum atomic E-state index is 12.7. The minimum atomic E-state index is -0.760. The van der Waals surface area contributed by atoms with Crippen LogP contribution in [-0.4, -0.2) is 37.2 Å². The predicted molar refractivity (Wildman–Crippen MR) is 224 cm³/mol. The van der Waals surface area contributed by atoms with Gasteiger partial charge in [0, 0.05) is 19.3 Å². The lowest BCUT2D eigenvalue weighted by atomic mass is 10.0. The van der Waals surface area contributed by atoms with Gasteiger partial charge in [0.1, 0.15) is 13.2 Å². The predicted octanol–water partition coefficient (Wildman–Crippen LogP) is 14.6. The van der Waals surface area contributed by atoms with E-state index in [2.05, 4.69) is 34.6 Å². The molecule has 0 amide bonds. The SMILES string of the molecule is CCCCCCCCCCCC(=O)OC[C@@H](COC(=O)CCCCCCCCCCCC(C)C)OC(=O)CCCCCCCCCCCCCC(C)C. The van der Waals surface area contributed by atoms with Crippen molar-refractivity contribution in [1.82, 2.24) is 0 Å². The minimum Gasteiger partial charge on any atom is -0.462 e. The van der Waals surface area contributed by atoms with Crippen LogP contribution >= 0.6 is 0 Å². The van der Waals surface area contributed by atoms with Crippen molar-refractivity contribution >= 4 is 17.9 Å². The van der Waals surface area contributed by atoms with Crippen molar-refractivity contribution in [3.63, 3.8) is 0 Å². The maximum absolute atomic E-state index is 12.7. The second-order valence-electron chi connectivity index (χ2n) is 17.0. The van der Waals surface area contributed by atoms with Crippen LogP contribution < -0.4 is 0 Å². The first-order chi connectivity index (χ1) is 25.7. The van der Waals surface area contributed by atoms with Crippen LogP contribution in [0.1, 0.15) is 253 Å². The summed E-state index contributed by atoms with van der Waals surface area (Å²) in [5.74, 6) is 0.774. The summed E-state index contributed by atoms with van der Waals surface area (Å²) in [5.41, 5.74) is 0. The van der Waals surface area contributed by atoms with Crippen LogP contribution in [0.5, 0.6) is 0 Å². The Morgan fingerprint density at radius 2 is 0.623 bits per heavy atom. The molecule has 0 aliphatic carbocycles. The lowest BCUT2D eigenvalue weighted by Crippen LogP contribution is -2.30. The van der Waals surface area contributed by atoms with E-state index in [-0.39, 0.29) is 31.1 Å². The molecule has 0 unspecified atom stereocenters. The van der Waals surface area contributed by atoms with Crippen LogP contribution in [0.2, 0.25) is 0 Å². The summed E-state index contributed by atoms with van der Waals surface area (Å²) in [5, 5.41) is 0. The summed E-state index contributed by atoms with van der Waals surface area (Å²) in [6, 6.07) is 0. The molecule has 0 aromatic heterocycles. The van der Waals surface area contributed by atoms with Crippen LogP contribution in [0.4, 0.5) is 0 Å². The molecule has 0 N–H and O–H groups in total. The summed E-state index contributed by atoms with van der Waals surface area (Å²) in [6.07, 6.45) is 38.0. The Balaban J connectivity index is 4.32. The summed E-state index contributed by atoms with van der Waals surface area (Å²) >= 11 is 0. The van der Waals surface area contributed by atoms with Gasteiger partial charge in [0.25, 0.3) is 0 Å². The largest absolute Gasteiger partial charge is 0.462 e. The van der Waals surface area contributed by atoms with Crippen molar-refractivity contribution < 1.29 is 28.6 Å². The Bertz CT molecular complexity index is 809. The molecule has 0 aliphatic rings. The van der Waals surface area contributed by atoms with Crippen molar-refractivity contribution in [3.05, 3.63) is 0 Å². The van der Waals surface area contributed by atoms with Gasteiger partial charge in [-0.3, -0.25) is 14.4 Å². The highest BCUT2D eigenvalue weighted by Gasteiger charge is 2.19. The monoisotopic (exact) mass is 751 g/mol. The smallest absolute Gasteiger partial charge is 0.306 e. The molecule has 1 atom stereocenters. The Morgan fingerprint density at radius 3 is 0.925 bits per heavy atom. The number of esters is 3. The van der Waals surface area contributed by atoms with Crippen molar-refractivity contribution in [2.75, 3.05) is 13.2 Å². The van der Waals surface area contributed by atoms with E-state index in [9.17, 15) is 14.4 Å². The van der Waals surface area contributed by atoms with Crippen molar-refractivity contribution in [2.24, 2.45) is 11.8 Å². The minimum absolute atomic E-state index is 0.0650. The number of carbonyl (C=O) groups is 3. The van der Waals surface area contributed by atoms with Crippen molar-refractivity contribution in [3.8, 4) is 0 Å². The quantitative estimate of drug-likeness (QED) is 0.0352. The molecule has 0 spiro atoms. The van der Waals surface area contributed by atoms with E-state index in [1.165, 1.54) is 141 Å². The molecule has 0 aromatic carbocycles. The molecule has 314 valence electrons. The van der Waals surface area contributed by atoms with Crippen LogP contribution in [0.25, 0.3) is 0 Å². The van der Waals surface area contributed by atoms with Crippen molar-refractivity contribution in [1.29, 1.82) is 0 Å². The fourth-order valence-electron chi connectivity index (χ4n) is 6.93. The molecule has 0 heterocycles. The molecular weight excluding hydrogens is 661 g/mol. The fraction of sp³-hybridized carbons (Fsp3) is 0.936. The van der Waals surface area contributed by atoms with Gasteiger partial charge in [-0.05, 0) is 31.1 Å². The van der Waals surface area contributed by atoms with Gasteiger partial charge in [0.2, 0.25) is 0 Å². The van der Waals surface area contributed by atoms with E-state index in [0.29, 0.717) is 19.3 Å². The van der Waals surface area contributed by atoms with Crippen LogP contribution in [0.15, 0.2) is 0 Å². The van der Waals surface area contributed by atoms with Gasteiger partial charge < -0.3 is 14.2 Å². The van der Waals surface area contributed by atoms with Gasteiger partial charge in [-0.25, -0.2) is 0 Å². The van der Waals surface area contributed by atoms with Gasteiger partial charge in [-0.2, -0.15) is 0 Å². The first-order valence-electron chi connectivity index (χ1n) is 23.2. The van der Waals surface area contributed by atoms with E-state index in [4.69, 9.17) is 14.2 Å². The Labute approximate surface area is 329 Å². The summed E-state index contributed by atoms with van der Waals surface area (Å²) in [6.45, 7) is 11.3. The van der Waals surface area contributed by atoms with E-state index in [1.807, 2.05) is 0 Å². The second-order valence-corrected chi connectivity index (χ2v) is 17.0. The highest BCUT2D eigenvalue weighted by molar-refractivity contribution is 5.71. The van der Waals surface area contributed by atoms with E-state index in [1.54, 1.807) is 0 Å². The summed E-state index contributed by atoms with van der Waals surface area (Å²) < 4.78 is 16.7. The lowest BCUT2D eigenvalue weighted by Gasteiger charge is -2.18. The molecule has 0 bridgehead atoms. The van der Waals surface area contributed by atoms with Crippen LogP contribution in [0, 0.1) is 11.8 Å². The molecule has 0 saturated carbocycles. The number of carbonyl (C=O) groups excluding carboxylic acids is 3. The van der Waals surface area contributed by atoms with Gasteiger partial charge in [-0.1, -0.05) is 214 Å². The number of hydrogen-bond acceptors (Lipinski definition) is 6. The highest BCUT2D eigenvalue weighted by Crippen LogP contribution is 2.16. The van der Waals surface area contributed by atoms with Gasteiger partial charge in [0.05, 0.1) is 0 Å². The van der Waals surface area contributed by atoms with Crippen molar-refractivity contribution in [2.45, 2.75) is 259 Å². The van der Waals surface area contributed by atoms with Crippen LogP contribution in [0.3, 0.4) is 0 Å². The molecule has 0 radical (unpaired) electrons. The first-order valence-corrected chi connectivity index (χ1v) is 23.2. The average molecular weight is 751 g/mol. The van der Waals surface area contributed by atoms with Gasteiger partial charge >= 0.3 is 17.9 Å². The molecule has 0 fully saturated rings. The zero-order valence-corrected chi connectivity index (χ0v) is 36.1. The standard InChI is InChI=1S/C47H90O6/c1-6-7-8-9-10-15-22-27-32-37-45(48)51-40-44(41-52-46(49)38-33-28-23-19-14-17-21-26-31-36-43(4)5)53-47(50)39-34-29-24-18-13-11-12-16-20-25-30-35-42(2)3/h42-44H,6-41H2,1-5H3/t44-/m0/s1. The third-order valence-electron chi connectivity index (χ3n) is 10.5. The van der Waals surface area contributed by atoms with E-state index < -0.39 is 6.10 Å². The summed E-state index contributed by atoms with van der Waals surface area (Å²) in [4.78, 5) is 37.7. The second kappa shape index (κ2) is 40.1. The molecular formula is C47H90O6. The third-order valence-corrected chi connectivity index (χ3v) is 10.5. The molecule has 0 aromatic rings. The first kappa shape index (κ1) is 51.4. The molecule has 0 saturated heterocycles. The summed E-state index contributed by atoms with van der Waals surface area (Å²) in [7, 11) is 0. The number of hydrogen-bond donors (Lipinski definition) is 0. The Morgan fingerprint density at radius 1 is 0.358 bits per heavy atom. The molecule has 6 heteroatoms. The van der Waals surface area contributed by atoms with E-state index >= 15 is 0 Å². The molecule has 6 nitrogen and oxygen atoms in total. The Hall–Kier alpha value is -1.59. The molecule has 0 aliphatic heterocycles. The maximum Gasteiger partial charge on any atom is 0.306 e. The molecule has 0 rings (SSSR count). The number of rotatable bonds is 41. The topological polar surface area (TPSA) is 78.9 Å². The van der Waals surface area contributed by atoms with Crippen LogP contribution in [-0.2, 0) is 28.6 Å². The third kappa shape index (κ3) is 41.4. The molecule has 53 heavy (non-hydrogen) atoms. The average Bonchev–Trinajstić information content (AvgIpc) is 3.12. The van der Waals surface area contributed by atoms with Gasteiger partial charge in [0.15, 0.2) is 6.10 Å². The Kier molecular flexibility index (Phi) is 38.9.